The van der Waals surface area contributed by atoms with E-state index in [2.05, 4.69) is 9.97 Å². The second-order valence-corrected chi connectivity index (χ2v) is 6.60. The molecule has 5 heteroatoms. The zero-order chi connectivity index (χ0) is 18.6. The summed E-state index contributed by atoms with van der Waals surface area (Å²) in [6.45, 7) is 0. The summed E-state index contributed by atoms with van der Waals surface area (Å²) in [7, 11) is 0. The Bertz CT molecular complexity index is 970. The highest BCUT2D eigenvalue weighted by Crippen LogP contribution is 2.20. The van der Waals surface area contributed by atoms with Crippen LogP contribution in [0.5, 0.6) is 0 Å². The van der Waals surface area contributed by atoms with Gasteiger partial charge in [-0.25, -0.2) is 0 Å². The highest BCUT2D eigenvalue weighted by molar-refractivity contribution is 5.82. The number of nitrogens with two attached hydrogens (primary N) is 2. The summed E-state index contributed by atoms with van der Waals surface area (Å²) >= 11 is 0. The van der Waals surface area contributed by atoms with Crippen molar-refractivity contribution in [1.29, 1.82) is 0 Å². The molecule has 4 rings (SSSR count). The Hall–Kier alpha value is -2.86. The molecule has 0 radical (unpaired) electrons. The maximum atomic E-state index is 6.23. The fourth-order valence-corrected chi connectivity index (χ4v) is 3.42. The number of hydrogen-bond donors (Lipinski definition) is 2. The van der Waals surface area contributed by atoms with E-state index in [1.54, 1.807) is 12.4 Å². The number of ether oxygens (including phenoxy) is 1. The van der Waals surface area contributed by atoms with Crippen LogP contribution in [-0.2, 0) is 17.6 Å². The maximum absolute atomic E-state index is 6.23. The first-order valence-corrected chi connectivity index (χ1v) is 9.02. The van der Waals surface area contributed by atoms with Crippen LogP contribution in [0.2, 0.25) is 0 Å². The van der Waals surface area contributed by atoms with Crippen LogP contribution in [0.4, 0.5) is 0 Å². The van der Waals surface area contributed by atoms with Gasteiger partial charge < -0.3 is 16.2 Å². The summed E-state index contributed by atoms with van der Waals surface area (Å²) in [5, 5.41) is 2.18. The minimum Gasteiger partial charge on any atom is -0.345 e. The molecule has 2 unspecified atom stereocenters. The maximum Gasteiger partial charge on any atom is 0.111 e. The van der Waals surface area contributed by atoms with E-state index < -0.39 is 12.5 Å². The molecule has 0 aliphatic heterocycles. The Balaban J connectivity index is 1.45. The van der Waals surface area contributed by atoms with E-state index in [4.69, 9.17) is 16.2 Å². The fourth-order valence-electron chi connectivity index (χ4n) is 3.42. The molecular formula is C22H22N4O. The van der Waals surface area contributed by atoms with Crippen molar-refractivity contribution >= 4 is 21.8 Å². The number of rotatable bonds is 6. The number of pyridine rings is 2. The molecule has 0 spiro atoms. The molecule has 0 amide bonds. The van der Waals surface area contributed by atoms with Crippen LogP contribution >= 0.6 is 0 Å². The lowest BCUT2D eigenvalue weighted by Crippen LogP contribution is -2.37. The number of para-hydroxylation sites is 2. The molecule has 0 aliphatic carbocycles. The zero-order valence-electron chi connectivity index (χ0n) is 15.0. The Kier molecular flexibility index (Phi) is 5.07. The van der Waals surface area contributed by atoms with Gasteiger partial charge in [0.1, 0.15) is 12.5 Å². The molecule has 0 fully saturated rings. The third-order valence-electron chi connectivity index (χ3n) is 4.67. The van der Waals surface area contributed by atoms with Crippen molar-refractivity contribution in [2.45, 2.75) is 25.3 Å². The van der Waals surface area contributed by atoms with Crippen LogP contribution in [0.1, 0.15) is 11.1 Å². The predicted octanol–water partition coefficient (Wildman–Crippen LogP) is 3.15. The summed E-state index contributed by atoms with van der Waals surface area (Å²) in [5.74, 6) is 0. The van der Waals surface area contributed by atoms with E-state index in [1.807, 2.05) is 60.7 Å². The first kappa shape index (κ1) is 17.5. The Morgan fingerprint density at radius 3 is 1.59 bits per heavy atom. The third-order valence-corrected chi connectivity index (χ3v) is 4.67. The summed E-state index contributed by atoms with van der Waals surface area (Å²) in [5.41, 5.74) is 16.6. The normalized spacial score (nSPS) is 13.7. The van der Waals surface area contributed by atoms with Crippen molar-refractivity contribution in [3.63, 3.8) is 0 Å². The SMILES string of the molecule is NC(Cc1ccnc2ccccc12)OC(N)Cc1ccnc2ccccc12. The van der Waals surface area contributed by atoms with Crippen molar-refractivity contribution in [1.82, 2.24) is 9.97 Å². The minimum absolute atomic E-state index is 0.487. The van der Waals surface area contributed by atoms with Gasteiger partial charge in [0, 0.05) is 36.0 Å². The van der Waals surface area contributed by atoms with Gasteiger partial charge in [-0.05, 0) is 35.4 Å². The first-order chi connectivity index (χ1) is 13.2. The molecule has 4 aromatic rings. The van der Waals surface area contributed by atoms with E-state index in [0.717, 1.165) is 32.9 Å². The summed E-state index contributed by atoms with van der Waals surface area (Å²) in [6.07, 6.45) is 3.78. The number of nitrogens with zero attached hydrogens (tertiary/aromatic N) is 2. The van der Waals surface area contributed by atoms with Crippen LogP contribution in [-0.4, -0.2) is 22.4 Å². The van der Waals surface area contributed by atoms with Gasteiger partial charge in [0.25, 0.3) is 0 Å². The average molecular weight is 358 g/mol. The molecule has 27 heavy (non-hydrogen) atoms. The molecule has 2 heterocycles. The van der Waals surface area contributed by atoms with E-state index in [0.29, 0.717) is 12.8 Å². The lowest BCUT2D eigenvalue weighted by molar-refractivity contribution is -0.00387. The summed E-state index contributed by atoms with van der Waals surface area (Å²) < 4.78 is 5.87. The Morgan fingerprint density at radius 2 is 1.11 bits per heavy atom. The van der Waals surface area contributed by atoms with Crippen LogP contribution in [0, 0.1) is 0 Å². The van der Waals surface area contributed by atoms with Crippen LogP contribution < -0.4 is 11.5 Å². The molecule has 2 aromatic heterocycles. The van der Waals surface area contributed by atoms with Crippen molar-refractivity contribution < 1.29 is 4.74 Å². The highest BCUT2D eigenvalue weighted by Gasteiger charge is 2.14. The predicted molar refractivity (Wildman–Crippen MR) is 108 cm³/mol. The van der Waals surface area contributed by atoms with E-state index in [9.17, 15) is 0 Å². The minimum atomic E-state index is -0.487. The smallest absolute Gasteiger partial charge is 0.111 e. The highest BCUT2D eigenvalue weighted by atomic mass is 16.5. The first-order valence-electron chi connectivity index (χ1n) is 9.02. The van der Waals surface area contributed by atoms with Gasteiger partial charge >= 0.3 is 0 Å². The lowest BCUT2D eigenvalue weighted by Gasteiger charge is -2.20. The van der Waals surface area contributed by atoms with Crippen molar-refractivity contribution in [3.05, 3.63) is 84.2 Å². The van der Waals surface area contributed by atoms with E-state index >= 15 is 0 Å². The van der Waals surface area contributed by atoms with Gasteiger partial charge in [0.15, 0.2) is 0 Å². The Morgan fingerprint density at radius 1 is 0.667 bits per heavy atom. The number of aromatic nitrogens is 2. The van der Waals surface area contributed by atoms with Gasteiger partial charge in [-0.2, -0.15) is 0 Å². The molecule has 5 nitrogen and oxygen atoms in total. The number of fused-ring (bicyclic) bond motifs is 2. The average Bonchev–Trinajstić information content (AvgIpc) is 2.68. The van der Waals surface area contributed by atoms with Crippen LogP contribution in [0.15, 0.2) is 73.1 Å². The molecule has 0 saturated heterocycles. The van der Waals surface area contributed by atoms with Gasteiger partial charge in [0.05, 0.1) is 11.0 Å². The molecule has 0 saturated carbocycles. The summed E-state index contributed by atoms with van der Waals surface area (Å²) in [6, 6.07) is 20.0. The molecule has 0 aliphatic rings. The second-order valence-electron chi connectivity index (χ2n) is 6.60. The van der Waals surface area contributed by atoms with Crippen LogP contribution in [0.25, 0.3) is 21.8 Å². The van der Waals surface area contributed by atoms with E-state index in [-0.39, 0.29) is 0 Å². The monoisotopic (exact) mass is 358 g/mol. The van der Waals surface area contributed by atoms with Gasteiger partial charge in [-0.15, -0.1) is 0 Å². The van der Waals surface area contributed by atoms with Crippen molar-refractivity contribution in [2.75, 3.05) is 0 Å². The standard InChI is InChI=1S/C22H22N4O/c23-21(13-15-9-11-25-19-7-3-1-5-17(15)19)27-22(24)14-16-10-12-26-20-8-4-2-6-18(16)20/h1-12,21-22H,13-14,23-24H2. The molecule has 2 aromatic carbocycles. The molecule has 2 atom stereocenters. The molecule has 4 N–H and O–H groups in total. The third kappa shape index (κ3) is 3.95. The van der Waals surface area contributed by atoms with Gasteiger partial charge in [-0.3, -0.25) is 9.97 Å². The summed E-state index contributed by atoms with van der Waals surface area (Å²) in [4.78, 5) is 8.77. The van der Waals surface area contributed by atoms with E-state index in [1.165, 1.54) is 0 Å². The quantitative estimate of drug-likeness (QED) is 0.517. The molecule has 136 valence electrons. The largest absolute Gasteiger partial charge is 0.345 e. The topological polar surface area (TPSA) is 87.0 Å². The lowest BCUT2D eigenvalue weighted by atomic mass is 10.1. The number of benzene rings is 2. The van der Waals surface area contributed by atoms with Crippen LogP contribution in [0.3, 0.4) is 0 Å². The molecule has 0 bridgehead atoms. The molecular weight excluding hydrogens is 336 g/mol. The zero-order valence-corrected chi connectivity index (χ0v) is 15.0. The second kappa shape index (κ2) is 7.80. The van der Waals surface area contributed by atoms with Crippen molar-refractivity contribution in [3.8, 4) is 0 Å². The van der Waals surface area contributed by atoms with Gasteiger partial charge in [0.2, 0.25) is 0 Å². The number of hydrogen-bond acceptors (Lipinski definition) is 5. The fraction of sp³-hybridized carbons (Fsp3) is 0.182. The van der Waals surface area contributed by atoms with Gasteiger partial charge in [-0.1, -0.05) is 36.4 Å². The Labute approximate surface area is 158 Å². The van der Waals surface area contributed by atoms with Crippen molar-refractivity contribution in [2.24, 2.45) is 11.5 Å².